The number of methoxy groups -OCH3 is 2. The topological polar surface area (TPSA) is 72.0 Å². The number of nitrogens with one attached hydrogen (secondary N) is 2. The standard InChI is InChI=1S/C34H44N2O4/c1-23(17-24-7-13-30(14-8-24)40-16-15-35-22-25-5-4-6-25)36-32-21-34(39-3)33(38-2)20-31(32)28-10-9-27-19-29(37)12-11-26(27)18-28/h7-8,11-14,19-21,23,25,28,35-37H,4-6,9-10,15-18,22H2,1-3H3. The normalized spacial score (nSPS) is 17.4. The lowest BCUT2D eigenvalue weighted by molar-refractivity contribution is 0.276. The van der Waals surface area contributed by atoms with Crippen LogP contribution < -0.4 is 24.8 Å². The van der Waals surface area contributed by atoms with Crippen LogP contribution in [-0.4, -0.2) is 45.1 Å². The van der Waals surface area contributed by atoms with Gasteiger partial charge in [-0.3, -0.25) is 0 Å². The van der Waals surface area contributed by atoms with Crippen LogP contribution in [-0.2, 0) is 19.3 Å². The van der Waals surface area contributed by atoms with Gasteiger partial charge in [0.25, 0.3) is 0 Å². The van der Waals surface area contributed by atoms with Crippen molar-refractivity contribution in [3.8, 4) is 23.0 Å². The van der Waals surface area contributed by atoms with Gasteiger partial charge in [0.2, 0.25) is 0 Å². The summed E-state index contributed by atoms with van der Waals surface area (Å²) in [6.07, 6.45) is 7.93. The summed E-state index contributed by atoms with van der Waals surface area (Å²) in [7, 11) is 3.37. The molecule has 0 bridgehead atoms. The van der Waals surface area contributed by atoms with Crippen LogP contribution in [0, 0.1) is 5.92 Å². The van der Waals surface area contributed by atoms with E-state index in [1.54, 1.807) is 20.3 Å². The van der Waals surface area contributed by atoms with Gasteiger partial charge in [0.15, 0.2) is 11.5 Å². The first-order chi connectivity index (χ1) is 19.5. The zero-order valence-corrected chi connectivity index (χ0v) is 24.2. The fourth-order valence-corrected chi connectivity index (χ4v) is 6.00. The molecule has 0 saturated heterocycles. The molecule has 2 atom stereocenters. The predicted molar refractivity (Wildman–Crippen MR) is 161 cm³/mol. The van der Waals surface area contributed by atoms with Gasteiger partial charge in [-0.1, -0.05) is 24.6 Å². The Bertz CT molecular complexity index is 1260. The minimum atomic E-state index is 0.215. The SMILES string of the molecule is COc1cc(NC(C)Cc2ccc(OCCNCC3CCC3)cc2)c(C2CCc3cc(O)ccc3C2)cc1OC. The molecule has 6 heteroatoms. The van der Waals surface area contributed by atoms with E-state index in [2.05, 4.69) is 60.0 Å². The molecule has 2 unspecified atom stereocenters. The predicted octanol–water partition coefficient (Wildman–Crippen LogP) is 6.49. The minimum absolute atomic E-state index is 0.215. The summed E-state index contributed by atoms with van der Waals surface area (Å²) in [5.74, 6) is 3.97. The van der Waals surface area contributed by atoms with E-state index in [-0.39, 0.29) is 6.04 Å². The number of hydrogen-bond acceptors (Lipinski definition) is 6. The Labute approximate surface area is 239 Å². The Morgan fingerprint density at radius 3 is 2.42 bits per heavy atom. The molecule has 3 aromatic carbocycles. The van der Waals surface area contributed by atoms with Crippen LogP contribution in [0.3, 0.4) is 0 Å². The summed E-state index contributed by atoms with van der Waals surface area (Å²) in [6, 6.07) is 18.7. The number of benzene rings is 3. The van der Waals surface area contributed by atoms with Crippen molar-refractivity contribution in [2.45, 2.75) is 63.8 Å². The maximum Gasteiger partial charge on any atom is 0.162 e. The summed E-state index contributed by atoms with van der Waals surface area (Å²) >= 11 is 0. The second kappa shape index (κ2) is 13.3. The first-order valence-electron chi connectivity index (χ1n) is 14.8. The number of phenolic OH excluding ortho intramolecular Hbond substituents is 1. The summed E-state index contributed by atoms with van der Waals surface area (Å²) in [6.45, 7) is 4.92. The van der Waals surface area contributed by atoms with Gasteiger partial charge in [-0.15, -0.1) is 0 Å². The molecule has 1 fully saturated rings. The van der Waals surface area contributed by atoms with Gasteiger partial charge in [0, 0.05) is 24.3 Å². The van der Waals surface area contributed by atoms with Crippen LogP contribution in [0.15, 0.2) is 54.6 Å². The van der Waals surface area contributed by atoms with Gasteiger partial charge >= 0.3 is 0 Å². The summed E-state index contributed by atoms with van der Waals surface area (Å²) < 4.78 is 17.3. The lowest BCUT2D eigenvalue weighted by Crippen LogP contribution is -2.30. The molecule has 2 aliphatic carbocycles. The first kappa shape index (κ1) is 28.2. The molecule has 0 amide bonds. The van der Waals surface area contributed by atoms with Crippen molar-refractivity contribution in [3.05, 3.63) is 76.9 Å². The van der Waals surface area contributed by atoms with E-state index >= 15 is 0 Å². The van der Waals surface area contributed by atoms with Crippen molar-refractivity contribution in [2.24, 2.45) is 5.92 Å². The average Bonchev–Trinajstić information content (AvgIpc) is 2.94. The van der Waals surface area contributed by atoms with E-state index < -0.39 is 0 Å². The number of aryl methyl sites for hydroxylation is 1. The molecule has 214 valence electrons. The van der Waals surface area contributed by atoms with E-state index in [1.807, 2.05) is 6.07 Å². The molecule has 0 aromatic heterocycles. The Morgan fingerprint density at radius 2 is 1.70 bits per heavy atom. The van der Waals surface area contributed by atoms with Crippen LogP contribution in [0.1, 0.15) is 60.8 Å². The van der Waals surface area contributed by atoms with E-state index in [1.165, 1.54) is 41.5 Å². The van der Waals surface area contributed by atoms with Crippen LogP contribution in [0.4, 0.5) is 5.69 Å². The lowest BCUT2D eigenvalue weighted by atomic mass is 9.79. The first-order valence-corrected chi connectivity index (χ1v) is 14.8. The summed E-state index contributed by atoms with van der Waals surface area (Å²) in [5, 5.41) is 17.2. The number of anilines is 1. The van der Waals surface area contributed by atoms with Crippen molar-refractivity contribution in [2.75, 3.05) is 39.2 Å². The molecular weight excluding hydrogens is 500 g/mol. The van der Waals surface area contributed by atoms with Gasteiger partial charge in [0.05, 0.1) is 14.2 Å². The number of phenols is 1. The molecule has 0 spiro atoms. The number of ether oxygens (including phenoxy) is 3. The van der Waals surface area contributed by atoms with E-state index in [0.29, 0.717) is 18.3 Å². The molecule has 0 radical (unpaired) electrons. The smallest absolute Gasteiger partial charge is 0.162 e. The zero-order chi connectivity index (χ0) is 27.9. The van der Waals surface area contributed by atoms with Gasteiger partial charge in [-0.05, 0) is 116 Å². The van der Waals surface area contributed by atoms with E-state index in [9.17, 15) is 5.11 Å². The van der Waals surface area contributed by atoms with Crippen LogP contribution in [0.25, 0.3) is 0 Å². The largest absolute Gasteiger partial charge is 0.508 e. The number of hydrogen-bond donors (Lipinski definition) is 3. The zero-order valence-electron chi connectivity index (χ0n) is 24.2. The highest BCUT2D eigenvalue weighted by molar-refractivity contribution is 5.63. The number of rotatable bonds is 13. The Kier molecular flexibility index (Phi) is 9.38. The monoisotopic (exact) mass is 544 g/mol. The highest BCUT2D eigenvalue weighted by Gasteiger charge is 2.25. The van der Waals surface area contributed by atoms with Crippen LogP contribution in [0.2, 0.25) is 0 Å². The van der Waals surface area contributed by atoms with Gasteiger partial charge in [-0.2, -0.15) is 0 Å². The van der Waals surface area contributed by atoms with Crippen molar-refractivity contribution in [3.63, 3.8) is 0 Å². The van der Waals surface area contributed by atoms with Crippen LogP contribution >= 0.6 is 0 Å². The van der Waals surface area contributed by atoms with Gasteiger partial charge in [0.1, 0.15) is 18.1 Å². The molecule has 0 aliphatic heterocycles. The Hall–Kier alpha value is -3.38. The Balaban J connectivity index is 1.21. The third-order valence-electron chi connectivity index (χ3n) is 8.49. The minimum Gasteiger partial charge on any atom is -0.508 e. The molecule has 0 heterocycles. The van der Waals surface area contributed by atoms with Crippen LogP contribution in [0.5, 0.6) is 23.0 Å². The lowest BCUT2D eigenvalue weighted by Gasteiger charge is -2.29. The summed E-state index contributed by atoms with van der Waals surface area (Å²) in [4.78, 5) is 0. The molecule has 40 heavy (non-hydrogen) atoms. The van der Waals surface area contributed by atoms with E-state index in [4.69, 9.17) is 14.2 Å². The van der Waals surface area contributed by atoms with Crippen molar-refractivity contribution >= 4 is 5.69 Å². The fraction of sp³-hybridized carbons (Fsp3) is 0.471. The second-order valence-corrected chi connectivity index (χ2v) is 11.4. The Morgan fingerprint density at radius 1 is 0.925 bits per heavy atom. The molecule has 2 aliphatic rings. The summed E-state index contributed by atoms with van der Waals surface area (Å²) in [5.41, 5.74) is 6.16. The van der Waals surface area contributed by atoms with Gasteiger partial charge in [-0.25, -0.2) is 0 Å². The fourth-order valence-electron chi connectivity index (χ4n) is 6.00. The van der Waals surface area contributed by atoms with Crippen molar-refractivity contribution in [1.82, 2.24) is 5.32 Å². The van der Waals surface area contributed by atoms with Crippen molar-refractivity contribution < 1.29 is 19.3 Å². The van der Waals surface area contributed by atoms with E-state index in [0.717, 1.165) is 67.6 Å². The third kappa shape index (κ3) is 7.03. The highest BCUT2D eigenvalue weighted by atomic mass is 16.5. The average molecular weight is 545 g/mol. The van der Waals surface area contributed by atoms with Crippen molar-refractivity contribution in [1.29, 1.82) is 0 Å². The third-order valence-corrected chi connectivity index (χ3v) is 8.49. The molecule has 5 rings (SSSR count). The number of fused-ring (bicyclic) bond motifs is 1. The molecular formula is C34H44N2O4. The maximum absolute atomic E-state index is 9.91. The highest BCUT2D eigenvalue weighted by Crippen LogP contribution is 2.42. The number of aromatic hydroxyl groups is 1. The molecule has 6 nitrogen and oxygen atoms in total. The molecule has 1 saturated carbocycles. The quantitative estimate of drug-likeness (QED) is 0.214. The second-order valence-electron chi connectivity index (χ2n) is 11.4. The molecule has 3 aromatic rings. The van der Waals surface area contributed by atoms with Gasteiger partial charge < -0.3 is 30.0 Å². The maximum atomic E-state index is 9.91. The molecule has 3 N–H and O–H groups in total.